The number of likely N-dealkylation sites (tertiary alicyclic amines) is 1. The zero-order valence-corrected chi connectivity index (χ0v) is 54.5. The van der Waals surface area contributed by atoms with Gasteiger partial charge in [0.1, 0.15) is 13.6 Å². The molecule has 0 saturated carbocycles. The zero-order chi connectivity index (χ0) is 64.2. The van der Waals surface area contributed by atoms with Gasteiger partial charge in [0.05, 0.1) is 12.8 Å². The molecule has 468 valence electrons. The van der Waals surface area contributed by atoms with Gasteiger partial charge in [0.15, 0.2) is 0 Å². The predicted octanol–water partition coefficient (Wildman–Crippen LogP) is 10.9. The molecule has 2 aromatic carbocycles. The van der Waals surface area contributed by atoms with Crippen LogP contribution in [0.25, 0.3) is 0 Å². The molecular formula is C64H126N10O6. The Morgan fingerprint density at radius 2 is 1.31 bits per heavy atom. The van der Waals surface area contributed by atoms with Crippen LogP contribution in [0, 0.1) is 36.5 Å². The predicted molar refractivity (Wildman–Crippen MR) is 347 cm³/mol. The largest absolute Gasteiger partial charge is 0.405 e. The quantitative estimate of drug-likeness (QED) is 0.0237. The van der Waals surface area contributed by atoms with Crippen LogP contribution in [0.1, 0.15) is 165 Å². The van der Waals surface area contributed by atoms with Crippen LogP contribution in [0.5, 0.6) is 0 Å². The van der Waals surface area contributed by atoms with Crippen LogP contribution in [0.2, 0.25) is 0 Å². The highest BCUT2D eigenvalue weighted by molar-refractivity contribution is 5.78. The maximum Gasteiger partial charge on any atom is 0.223 e. The number of benzene rings is 2. The summed E-state index contributed by atoms with van der Waals surface area (Å²) >= 11 is 0. The van der Waals surface area contributed by atoms with Gasteiger partial charge in [-0.3, -0.25) is 19.7 Å². The lowest BCUT2D eigenvalue weighted by Gasteiger charge is -2.39. The number of hydrogen-bond donors (Lipinski definition) is 7. The average molecular weight is 1130 g/mol. The summed E-state index contributed by atoms with van der Waals surface area (Å²) in [6.45, 7) is 45.1. The van der Waals surface area contributed by atoms with Crippen molar-refractivity contribution in [1.82, 2.24) is 25.3 Å². The monoisotopic (exact) mass is 1130 g/mol. The fourth-order valence-electron chi connectivity index (χ4n) is 8.01. The van der Waals surface area contributed by atoms with E-state index in [2.05, 4.69) is 187 Å². The number of nitrogens with zero attached hydrogens (tertiary/aromatic N) is 3. The Morgan fingerprint density at radius 3 is 1.64 bits per heavy atom. The molecule has 80 heavy (non-hydrogen) atoms. The van der Waals surface area contributed by atoms with Gasteiger partial charge in [-0.2, -0.15) is 0 Å². The minimum atomic E-state index is 0.142. The third-order valence-electron chi connectivity index (χ3n) is 12.7. The first-order valence-electron chi connectivity index (χ1n) is 28.6. The lowest BCUT2D eigenvalue weighted by molar-refractivity contribution is -0.139. The van der Waals surface area contributed by atoms with E-state index >= 15 is 0 Å². The van der Waals surface area contributed by atoms with E-state index in [0.29, 0.717) is 49.4 Å². The summed E-state index contributed by atoms with van der Waals surface area (Å²) in [4.78, 5) is 56.3. The fourth-order valence-corrected chi connectivity index (χ4v) is 8.01. The summed E-state index contributed by atoms with van der Waals surface area (Å²) < 4.78 is 5.88. The Labute approximate surface area is 491 Å². The molecule has 3 amide bonds. The molecule has 3 rings (SSSR count). The third kappa shape index (κ3) is 52.0. The number of amides is 3. The van der Waals surface area contributed by atoms with Gasteiger partial charge >= 0.3 is 0 Å². The van der Waals surface area contributed by atoms with Crippen LogP contribution in [0.3, 0.4) is 0 Å². The molecule has 0 radical (unpaired) electrons. The summed E-state index contributed by atoms with van der Waals surface area (Å²) in [7, 11) is 11.1. The molecule has 0 bridgehead atoms. The Bertz CT molecular complexity index is 1650. The van der Waals surface area contributed by atoms with E-state index in [0.717, 1.165) is 68.9 Å². The summed E-state index contributed by atoms with van der Waals surface area (Å²) in [5.74, 6) is 2.75. The van der Waals surface area contributed by atoms with Crippen molar-refractivity contribution < 1.29 is 28.7 Å². The van der Waals surface area contributed by atoms with Crippen molar-refractivity contribution in [2.45, 2.75) is 178 Å². The molecule has 16 heteroatoms. The van der Waals surface area contributed by atoms with Gasteiger partial charge < -0.3 is 63.0 Å². The Balaban J connectivity index is -0.000000136. The van der Waals surface area contributed by atoms with Gasteiger partial charge in [-0.05, 0) is 135 Å². The first-order chi connectivity index (χ1) is 38.0. The number of hydrogen-bond acceptors (Lipinski definition) is 13. The summed E-state index contributed by atoms with van der Waals surface area (Å²) in [6.07, 6.45) is 13.4. The third-order valence-corrected chi connectivity index (χ3v) is 12.7. The molecule has 1 saturated heterocycles. The van der Waals surface area contributed by atoms with Gasteiger partial charge in [0.2, 0.25) is 18.2 Å². The van der Waals surface area contributed by atoms with Crippen molar-refractivity contribution in [3.05, 3.63) is 103 Å². The highest BCUT2D eigenvalue weighted by Gasteiger charge is 2.35. The van der Waals surface area contributed by atoms with Gasteiger partial charge in [0.25, 0.3) is 0 Å². The van der Waals surface area contributed by atoms with Gasteiger partial charge in [-0.25, -0.2) is 0 Å². The highest BCUT2D eigenvalue weighted by Crippen LogP contribution is 2.31. The number of nitrogens with two attached hydrogens (primary N) is 5. The molecular weight excluding hydrogens is 1000 g/mol. The number of aryl methyl sites for hydroxylation is 1. The average Bonchev–Trinajstić information content (AvgIpc) is 3.89. The lowest BCUT2D eigenvalue weighted by atomic mass is 9.82. The molecule has 1 aliphatic heterocycles. The van der Waals surface area contributed by atoms with Crippen LogP contribution < -0.4 is 39.3 Å². The SMILES string of the molecule is C=CCNC(=C)CCC.C=CN.C=O.C=O.CC(C)C(C)N(C)C.CCC(C)C(C(CC)CC(=O)N1CCCC1C)N(C)C(=O)CC(C)C.CCC[C@H](C)C(OCNC)c1ccc(N)cc1.CN.CN.Cc1ccccc1.NC=O. The van der Waals surface area contributed by atoms with Crippen LogP contribution >= 0.6 is 0 Å². The molecule has 0 spiro atoms. The second kappa shape index (κ2) is 66.1. The van der Waals surface area contributed by atoms with Crippen molar-refractivity contribution in [3.63, 3.8) is 0 Å². The number of anilines is 1. The molecule has 0 aliphatic carbocycles. The van der Waals surface area contributed by atoms with Gasteiger partial charge in [-0.15, -0.1) is 6.58 Å². The number of carbonyl (C=O) groups is 5. The molecule has 1 aliphatic rings. The van der Waals surface area contributed by atoms with Crippen LogP contribution in [-0.4, -0.2) is 127 Å². The number of carbonyl (C=O) groups excluding carboxylic acids is 5. The van der Waals surface area contributed by atoms with E-state index < -0.39 is 0 Å². The summed E-state index contributed by atoms with van der Waals surface area (Å²) in [5, 5.41) is 6.15. The first kappa shape index (κ1) is 91.1. The minimum Gasteiger partial charge on any atom is -0.405 e. The van der Waals surface area contributed by atoms with Crippen LogP contribution in [0.4, 0.5) is 5.69 Å². The molecule has 0 aromatic heterocycles. The van der Waals surface area contributed by atoms with Crippen molar-refractivity contribution in [2.75, 3.05) is 67.8 Å². The van der Waals surface area contributed by atoms with Crippen molar-refractivity contribution in [3.8, 4) is 0 Å². The number of allylic oxidation sites excluding steroid dienone is 1. The van der Waals surface area contributed by atoms with E-state index in [1.165, 1.54) is 44.3 Å². The number of ether oxygens (including phenoxy) is 1. The van der Waals surface area contributed by atoms with E-state index in [4.69, 9.17) is 24.9 Å². The zero-order valence-electron chi connectivity index (χ0n) is 54.5. The van der Waals surface area contributed by atoms with E-state index in [9.17, 15) is 9.59 Å². The Morgan fingerprint density at radius 1 is 0.812 bits per heavy atom. The van der Waals surface area contributed by atoms with Crippen LogP contribution in [0.15, 0.2) is 92.3 Å². The Kier molecular flexibility index (Phi) is 75.3. The number of rotatable bonds is 23. The second-order valence-electron chi connectivity index (χ2n) is 19.9. The minimum absolute atomic E-state index is 0.142. The smallest absolute Gasteiger partial charge is 0.223 e. The maximum absolute atomic E-state index is 12.8. The van der Waals surface area contributed by atoms with E-state index in [-0.39, 0.29) is 36.3 Å². The topological polar surface area (TPSA) is 258 Å². The van der Waals surface area contributed by atoms with Crippen molar-refractivity contribution in [1.29, 1.82) is 0 Å². The second-order valence-corrected chi connectivity index (χ2v) is 19.9. The number of primary amides is 1. The summed E-state index contributed by atoms with van der Waals surface area (Å²) in [5.41, 5.74) is 27.9. The Hall–Kier alpha value is -5.39. The van der Waals surface area contributed by atoms with Crippen molar-refractivity contribution >= 4 is 37.5 Å². The molecule has 2 aromatic rings. The van der Waals surface area contributed by atoms with Crippen LogP contribution in [-0.2, 0) is 28.7 Å². The highest BCUT2D eigenvalue weighted by atomic mass is 16.5. The molecule has 1 heterocycles. The number of nitrogens with one attached hydrogen (secondary N) is 2. The molecule has 6 unspecified atom stereocenters. The lowest BCUT2D eigenvalue weighted by Crippen LogP contribution is -2.47. The van der Waals surface area contributed by atoms with Gasteiger partial charge in [0, 0.05) is 62.5 Å². The molecule has 7 atom stereocenters. The molecule has 16 nitrogen and oxygen atoms in total. The molecule has 1 fully saturated rings. The van der Waals surface area contributed by atoms with E-state index in [1.807, 2.05) is 73.9 Å². The van der Waals surface area contributed by atoms with E-state index in [1.54, 1.807) is 0 Å². The molecule has 12 N–H and O–H groups in total. The van der Waals surface area contributed by atoms with Gasteiger partial charge in [-0.1, -0.05) is 162 Å². The maximum atomic E-state index is 12.8. The van der Waals surface area contributed by atoms with Crippen molar-refractivity contribution in [2.24, 2.45) is 52.5 Å². The summed E-state index contributed by atoms with van der Waals surface area (Å²) in [6, 6.07) is 19.5. The number of nitrogen functional groups attached to an aromatic ring is 1. The normalized spacial score (nSPS) is 13.6. The first-order valence-corrected chi connectivity index (χ1v) is 28.6. The fraction of sp³-hybridized carbons (Fsp3) is 0.641. The standard InChI is InChI=1S/C21H40N2O2.C14H24N2O.C8H15N.C7H17N.C7H8.C2H5N.CH3NO.2CH5N.2CH2O/c1-8-16(5)21(22(7)19(24)13-15(3)4)18(9-2)14-20(25)23-12-10-11-17(23)6;1-4-5-11(2)14(17-10-16-3)12-6-8-13(15)9-7-12;1-4-6-8(3)9-7-5-2;1-6(2)7(3)8(4)5;1-7-5-3-2-4-6-7;1-2-3;2-1-3;4*1-2/h15-18,21H,8-14H2,1-7H3;6-9,11,14,16H,4-5,10,15H2,1-3H3;5,9H,2-4,6-7H2,1H3;6-7H,1-5H3;2-6H,1H3;2H,1,3H2;1H,(H2,2,3);2*2H2,1H3;2*1H2/t;11-,14?;;;;;;;;;/m.0........./s1.